The van der Waals surface area contributed by atoms with Crippen molar-refractivity contribution in [3.05, 3.63) is 0 Å². The number of hydrogen-bond acceptors (Lipinski definition) is 1. The molecule has 0 spiro atoms. The molecule has 0 rings (SSSR count). The number of amides is 1. The van der Waals surface area contributed by atoms with Crippen LogP contribution in [0.1, 0.15) is 13.3 Å². The van der Waals surface area contributed by atoms with Gasteiger partial charge in [-0.15, -0.1) is 0 Å². The molecule has 1 radical (unpaired) electrons. The molecule has 0 aromatic carbocycles. The summed E-state index contributed by atoms with van der Waals surface area (Å²) in [6.07, 6.45) is -0.979. The highest BCUT2D eigenvalue weighted by Crippen LogP contribution is 2.15. The maximum Gasteiger partial charge on any atom is 0.254 e. The molecule has 4 heteroatoms. The minimum absolute atomic E-state index is 0.611. The van der Waals surface area contributed by atoms with Gasteiger partial charge in [0.2, 0.25) is 5.91 Å². The van der Waals surface area contributed by atoms with Crippen molar-refractivity contribution in [1.29, 1.82) is 0 Å². The van der Waals surface area contributed by atoms with Crippen LogP contribution < -0.4 is 5.73 Å². The molecule has 0 heterocycles. The fourth-order valence-electron chi connectivity index (χ4n) is 0.282. The average Bonchev–Trinajstić information content (AvgIpc) is 1.21. The van der Waals surface area contributed by atoms with Gasteiger partial charge < -0.3 is 0 Å². The van der Waals surface area contributed by atoms with Crippen LogP contribution in [-0.2, 0) is 4.79 Å². The van der Waals surface area contributed by atoms with E-state index in [-0.39, 0.29) is 0 Å². The molecule has 0 aliphatic rings. The third kappa shape index (κ3) is 5.33. The monoisotopic (exact) mass is 122 g/mol. The Hall–Kier alpha value is -0.670. The van der Waals surface area contributed by atoms with E-state index in [9.17, 15) is 13.6 Å². The van der Waals surface area contributed by atoms with Gasteiger partial charge in [0.1, 0.15) is 0 Å². The topological polar surface area (TPSA) is 40.9 Å². The van der Waals surface area contributed by atoms with Crippen LogP contribution in [0.5, 0.6) is 0 Å². The number of halogens is 2. The second-order valence-electron chi connectivity index (χ2n) is 1.67. The van der Waals surface area contributed by atoms with Gasteiger partial charge in [0.05, 0.1) is 6.42 Å². The minimum atomic E-state index is -3.02. The predicted octanol–water partition coefficient (Wildman–Crippen LogP) is 0.841. The average molecular weight is 122 g/mol. The Labute approximate surface area is 45.7 Å². The molecule has 0 aromatic rings. The van der Waals surface area contributed by atoms with Crippen LogP contribution in [-0.4, -0.2) is 11.8 Å². The normalized spacial score (nSPS) is 11.4. The smallest absolute Gasteiger partial charge is 0.254 e. The third-order valence-corrected chi connectivity index (χ3v) is 0.471. The van der Waals surface area contributed by atoms with Crippen molar-refractivity contribution in [2.24, 2.45) is 0 Å². The molecule has 47 valence electrons. The number of nitrogens with one attached hydrogen (secondary N) is 1. The van der Waals surface area contributed by atoms with Gasteiger partial charge in [0.25, 0.3) is 5.92 Å². The first kappa shape index (κ1) is 7.33. The van der Waals surface area contributed by atoms with E-state index in [1.54, 1.807) is 0 Å². The molecule has 0 unspecified atom stereocenters. The van der Waals surface area contributed by atoms with Gasteiger partial charge >= 0.3 is 0 Å². The summed E-state index contributed by atoms with van der Waals surface area (Å²) in [5.74, 6) is -4.24. The molecular weight excluding hydrogens is 116 g/mol. The van der Waals surface area contributed by atoms with Crippen LogP contribution in [0.25, 0.3) is 0 Å². The molecule has 0 saturated heterocycles. The molecule has 0 aliphatic carbocycles. The van der Waals surface area contributed by atoms with E-state index >= 15 is 0 Å². The van der Waals surface area contributed by atoms with Crippen LogP contribution >= 0.6 is 0 Å². The molecular formula is C4H6F2NO. The van der Waals surface area contributed by atoms with Gasteiger partial charge in [0, 0.05) is 0 Å². The second-order valence-corrected chi connectivity index (χ2v) is 1.67. The quantitative estimate of drug-likeness (QED) is 0.535. The van der Waals surface area contributed by atoms with Crippen LogP contribution in [0, 0.1) is 0 Å². The van der Waals surface area contributed by atoms with Gasteiger partial charge in [0.15, 0.2) is 0 Å². The van der Waals surface area contributed by atoms with Gasteiger partial charge in [-0.1, -0.05) is 0 Å². The number of rotatable bonds is 2. The van der Waals surface area contributed by atoms with Crippen molar-refractivity contribution in [3.8, 4) is 0 Å². The van der Waals surface area contributed by atoms with Crippen molar-refractivity contribution in [2.75, 3.05) is 0 Å². The van der Waals surface area contributed by atoms with E-state index < -0.39 is 18.3 Å². The zero-order valence-corrected chi connectivity index (χ0v) is 4.37. The maximum absolute atomic E-state index is 11.6. The molecule has 0 saturated carbocycles. The highest BCUT2D eigenvalue weighted by atomic mass is 19.3. The maximum atomic E-state index is 11.6. The Morgan fingerprint density at radius 1 is 1.75 bits per heavy atom. The van der Waals surface area contributed by atoms with E-state index in [4.69, 9.17) is 5.73 Å². The van der Waals surface area contributed by atoms with E-state index in [0.717, 1.165) is 0 Å². The number of hydrogen-bond donors (Lipinski definition) is 0. The Balaban J connectivity index is 3.55. The Morgan fingerprint density at radius 3 is 2.12 bits per heavy atom. The van der Waals surface area contributed by atoms with Crippen LogP contribution in [0.2, 0.25) is 0 Å². The molecule has 1 N–H and O–H groups in total. The summed E-state index contributed by atoms with van der Waals surface area (Å²) in [5.41, 5.74) is 6.11. The fraction of sp³-hybridized carbons (Fsp3) is 0.750. The van der Waals surface area contributed by atoms with E-state index in [0.29, 0.717) is 6.92 Å². The second kappa shape index (κ2) is 2.07. The van der Waals surface area contributed by atoms with Crippen molar-refractivity contribution in [2.45, 2.75) is 19.3 Å². The third-order valence-electron chi connectivity index (χ3n) is 0.471. The molecule has 0 fully saturated rings. The van der Waals surface area contributed by atoms with E-state index in [1.165, 1.54) is 0 Å². The first-order valence-corrected chi connectivity index (χ1v) is 2.04. The van der Waals surface area contributed by atoms with Crippen LogP contribution in [0.4, 0.5) is 8.78 Å². The summed E-state index contributed by atoms with van der Waals surface area (Å²) in [7, 11) is 0. The van der Waals surface area contributed by atoms with Gasteiger partial charge in [-0.25, -0.2) is 8.78 Å². The van der Waals surface area contributed by atoms with Crippen molar-refractivity contribution in [1.82, 2.24) is 5.73 Å². The van der Waals surface area contributed by atoms with Gasteiger partial charge in [-0.3, -0.25) is 10.5 Å². The summed E-state index contributed by atoms with van der Waals surface area (Å²) in [6.45, 7) is 0.611. The molecule has 8 heavy (non-hydrogen) atoms. The molecule has 0 atom stereocenters. The Kier molecular flexibility index (Phi) is 1.89. The summed E-state index contributed by atoms with van der Waals surface area (Å²) < 4.78 is 23.3. The van der Waals surface area contributed by atoms with Crippen LogP contribution in [0.3, 0.4) is 0 Å². The Bertz CT molecular complexity index is 96.7. The van der Waals surface area contributed by atoms with E-state index in [2.05, 4.69) is 0 Å². The number of carbonyl (C=O) groups is 1. The first-order chi connectivity index (χ1) is 3.42. The van der Waals surface area contributed by atoms with Crippen molar-refractivity contribution < 1.29 is 13.6 Å². The predicted molar refractivity (Wildman–Crippen MR) is 23.3 cm³/mol. The first-order valence-electron chi connectivity index (χ1n) is 2.04. The number of carbonyl (C=O) groups excluding carboxylic acids is 1. The summed E-state index contributed by atoms with van der Waals surface area (Å²) in [6, 6.07) is 0. The zero-order chi connectivity index (χ0) is 6.78. The number of alkyl halides is 2. The SMILES string of the molecule is CC(F)(F)CC([NH])=O. The molecule has 2 nitrogen and oxygen atoms in total. The molecule has 0 bridgehead atoms. The lowest BCUT2D eigenvalue weighted by molar-refractivity contribution is -0.124. The van der Waals surface area contributed by atoms with Gasteiger partial charge in [-0.05, 0) is 6.92 Å². The highest BCUT2D eigenvalue weighted by Gasteiger charge is 2.23. The standard InChI is InChI=1S/C4H6F2NO/c1-4(5,6)2-3(7)8/h7H,2H2,1H3. The molecule has 1 amide bonds. The lowest BCUT2D eigenvalue weighted by Crippen LogP contribution is -2.16. The fourth-order valence-corrected chi connectivity index (χ4v) is 0.282. The summed E-state index contributed by atoms with van der Waals surface area (Å²) >= 11 is 0. The van der Waals surface area contributed by atoms with Gasteiger partial charge in [-0.2, -0.15) is 0 Å². The minimum Gasteiger partial charge on any atom is -0.273 e. The van der Waals surface area contributed by atoms with Crippen LogP contribution in [0.15, 0.2) is 0 Å². The van der Waals surface area contributed by atoms with Crippen molar-refractivity contribution >= 4 is 5.91 Å². The molecule has 0 aromatic heterocycles. The summed E-state index contributed by atoms with van der Waals surface area (Å²) in [4.78, 5) is 9.65. The lowest BCUT2D eigenvalue weighted by atomic mass is 10.3. The largest absolute Gasteiger partial charge is 0.273 e. The highest BCUT2D eigenvalue weighted by molar-refractivity contribution is 5.73. The van der Waals surface area contributed by atoms with Crippen molar-refractivity contribution in [3.63, 3.8) is 0 Å². The lowest BCUT2D eigenvalue weighted by Gasteiger charge is -2.03. The molecule has 0 aliphatic heterocycles. The zero-order valence-electron chi connectivity index (χ0n) is 4.37. The summed E-state index contributed by atoms with van der Waals surface area (Å²) in [5, 5.41) is 0. The Morgan fingerprint density at radius 2 is 2.12 bits per heavy atom. The van der Waals surface area contributed by atoms with E-state index in [1.807, 2.05) is 0 Å².